The van der Waals surface area contributed by atoms with Crippen LogP contribution in [0.5, 0.6) is 0 Å². The van der Waals surface area contributed by atoms with Crippen molar-refractivity contribution in [3.05, 3.63) is 24.3 Å². The average Bonchev–Trinajstić information content (AvgIpc) is 3.15. The number of hydrogen-bond donors (Lipinski definition) is 0. The van der Waals surface area contributed by atoms with Crippen molar-refractivity contribution in [2.45, 2.75) is 45.0 Å². The van der Waals surface area contributed by atoms with E-state index in [2.05, 4.69) is 6.58 Å². The van der Waals surface area contributed by atoms with Crippen LogP contribution >= 0.6 is 0 Å². The summed E-state index contributed by atoms with van der Waals surface area (Å²) in [5.74, 6) is -1.49. The molecule has 134 valence electrons. The predicted octanol–water partition coefficient (Wildman–Crippen LogP) is 1.59. The van der Waals surface area contributed by atoms with Crippen molar-refractivity contribution in [1.29, 1.82) is 0 Å². The van der Waals surface area contributed by atoms with E-state index in [4.69, 9.17) is 14.2 Å². The molecule has 2 aliphatic carbocycles. The molecule has 2 aliphatic heterocycles. The van der Waals surface area contributed by atoms with E-state index in [1.54, 1.807) is 13.0 Å². The van der Waals surface area contributed by atoms with Gasteiger partial charge in [0.25, 0.3) is 0 Å². The van der Waals surface area contributed by atoms with Gasteiger partial charge in [-0.15, -0.1) is 0 Å². The van der Waals surface area contributed by atoms with Gasteiger partial charge in [0.05, 0.1) is 17.9 Å². The minimum absolute atomic E-state index is 0.0497. The van der Waals surface area contributed by atoms with Crippen molar-refractivity contribution in [2.24, 2.45) is 23.2 Å². The van der Waals surface area contributed by atoms with Crippen LogP contribution in [0.2, 0.25) is 0 Å². The van der Waals surface area contributed by atoms with Gasteiger partial charge in [-0.05, 0) is 38.2 Å². The van der Waals surface area contributed by atoms with E-state index in [1.165, 1.54) is 0 Å². The molecule has 25 heavy (non-hydrogen) atoms. The molecule has 0 aromatic carbocycles. The van der Waals surface area contributed by atoms with Crippen LogP contribution in [-0.4, -0.2) is 42.1 Å². The fourth-order valence-corrected chi connectivity index (χ4v) is 4.61. The van der Waals surface area contributed by atoms with Crippen molar-refractivity contribution < 1.29 is 28.6 Å². The third-order valence-corrected chi connectivity index (χ3v) is 6.38. The smallest absolute Gasteiger partial charge is 0.340 e. The maximum absolute atomic E-state index is 12.6. The second-order valence-corrected chi connectivity index (χ2v) is 8.09. The summed E-state index contributed by atoms with van der Waals surface area (Å²) in [6.45, 7) is 9.76. The van der Waals surface area contributed by atoms with E-state index >= 15 is 0 Å². The molecule has 2 unspecified atom stereocenters. The van der Waals surface area contributed by atoms with Crippen molar-refractivity contribution in [3.8, 4) is 0 Å². The van der Waals surface area contributed by atoms with Gasteiger partial charge in [-0.2, -0.15) is 0 Å². The first-order valence-electron chi connectivity index (χ1n) is 8.66. The molecule has 0 radical (unpaired) electrons. The van der Waals surface area contributed by atoms with Crippen molar-refractivity contribution >= 4 is 17.7 Å². The van der Waals surface area contributed by atoms with Gasteiger partial charge in [-0.1, -0.05) is 19.6 Å². The first-order chi connectivity index (χ1) is 11.7. The molecule has 6 nitrogen and oxygen atoms in total. The van der Waals surface area contributed by atoms with Crippen LogP contribution < -0.4 is 0 Å². The lowest BCUT2D eigenvalue weighted by Crippen LogP contribution is -2.46. The van der Waals surface area contributed by atoms with Gasteiger partial charge in [0.1, 0.15) is 12.2 Å². The maximum Gasteiger partial charge on any atom is 0.340 e. The summed E-state index contributed by atoms with van der Waals surface area (Å²) < 4.78 is 16.5. The Morgan fingerprint density at radius 3 is 2.68 bits per heavy atom. The van der Waals surface area contributed by atoms with Gasteiger partial charge in [-0.3, -0.25) is 4.79 Å². The summed E-state index contributed by atoms with van der Waals surface area (Å²) >= 11 is 0. The molecule has 6 heteroatoms. The molecular weight excluding hydrogens is 324 g/mol. The molecule has 0 aromatic rings. The van der Waals surface area contributed by atoms with Crippen LogP contribution in [0.4, 0.5) is 0 Å². The van der Waals surface area contributed by atoms with Crippen molar-refractivity contribution in [2.75, 3.05) is 6.61 Å². The minimum atomic E-state index is -0.897. The topological polar surface area (TPSA) is 82.2 Å². The molecule has 0 N–H and O–H groups in total. The minimum Gasteiger partial charge on any atom is -0.459 e. The fraction of sp³-hybridized carbons (Fsp3) is 0.632. The third kappa shape index (κ3) is 2.16. The number of rotatable bonds is 2. The van der Waals surface area contributed by atoms with E-state index in [0.29, 0.717) is 13.0 Å². The number of epoxide rings is 1. The Hall–Kier alpha value is -1.95. The van der Waals surface area contributed by atoms with Gasteiger partial charge in [-0.25, -0.2) is 9.59 Å². The molecule has 0 bridgehead atoms. The molecule has 0 spiro atoms. The Bertz CT molecular complexity index is 717. The highest BCUT2D eigenvalue weighted by Gasteiger charge is 2.63. The quantitative estimate of drug-likeness (QED) is 0.429. The normalized spacial score (nSPS) is 47.8. The summed E-state index contributed by atoms with van der Waals surface area (Å²) in [6.07, 6.45) is 2.79. The van der Waals surface area contributed by atoms with E-state index in [1.807, 2.05) is 19.9 Å². The fourth-order valence-electron chi connectivity index (χ4n) is 4.61. The second kappa shape index (κ2) is 5.04. The summed E-state index contributed by atoms with van der Waals surface area (Å²) in [4.78, 5) is 37.2. The zero-order chi connectivity index (χ0) is 18.1. The zero-order valence-electron chi connectivity index (χ0n) is 14.6. The summed E-state index contributed by atoms with van der Waals surface area (Å²) in [5.41, 5.74) is -1.47. The van der Waals surface area contributed by atoms with Gasteiger partial charge in [0.15, 0.2) is 11.4 Å². The zero-order valence-corrected chi connectivity index (χ0v) is 14.6. The molecule has 2 heterocycles. The van der Waals surface area contributed by atoms with Crippen LogP contribution in [0.1, 0.15) is 27.2 Å². The van der Waals surface area contributed by atoms with Gasteiger partial charge in [0, 0.05) is 5.57 Å². The Morgan fingerprint density at radius 2 is 2.04 bits per heavy atom. The molecule has 3 fully saturated rings. The maximum atomic E-state index is 12.6. The van der Waals surface area contributed by atoms with E-state index in [9.17, 15) is 14.4 Å². The monoisotopic (exact) mass is 346 g/mol. The summed E-state index contributed by atoms with van der Waals surface area (Å²) in [7, 11) is 0. The SMILES string of the molecule is C=C1C(=O)O[C@@H]2[C@@H]1[C@@H](OC(=O)C1(C)CO1)C[C@H](C)C1C=CC(=O)[C@]12C. The molecule has 4 rings (SSSR count). The summed E-state index contributed by atoms with van der Waals surface area (Å²) in [6, 6.07) is 0. The van der Waals surface area contributed by atoms with Crippen molar-refractivity contribution in [3.63, 3.8) is 0 Å². The number of fused-ring (bicyclic) bond motifs is 3. The van der Waals surface area contributed by atoms with Crippen LogP contribution in [0.3, 0.4) is 0 Å². The van der Waals surface area contributed by atoms with E-state index in [0.717, 1.165) is 0 Å². The van der Waals surface area contributed by atoms with Gasteiger partial charge >= 0.3 is 11.9 Å². The molecule has 1 saturated carbocycles. The predicted molar refractivity (Wildman–Crippen MR) is 86.3 cm³/mol. The molecule has 0 aromatic heterocycles. The number of allylic oxidation sites excluding steroid dienone is 2. The molecule has 0 amide bonds. The van der Waals surface area contributed by atoms with Crippen LogP contribution in [0.15, 0.2) is 24.3 Å². The lowest BCUT2D eigenvalue weighted by Gasteiger charge is -2.36. The van der Waals surface area contributed by atoms with Crippen molar-refractivity contribution in [1.82, 2.24) is 0 Å². The second-order valence-electron chi connectivity index (χ2n) is 8.09. The van der Waals surface area contributed by atoms with E-state index < -0.39 is 41.1 Å². The highest BCUT2D eigenvalue weighted by Crippen LogP contribution is 2.55. The Morgan fingerprint density at radius 1 is 1.36 bits per heavy atom. The highest BCUT2D eigenvalue weighted by molar-refractivity contribution is 6.00. The third-order valence-electron chi connectivity index (χ3n) is 6.38. The number of carbonyl (C=O) groups excluding carboxylic acids is 3. The van der Waals surface area contributed by atoms with E-state index in [-0.39, 0.29) is 23.2 Å². The Balaban J connectivity index is 1.72. The molecular formula is C19H22O6. The standard InChI is InChI=1S/C19H22O6/c1-9-7-12(24-17(22)18(3)8-23-18)14-10(2)16(21)25-15(14)19(4)11(9)5-6-13(19)20/h5-6,9,11-12,14-15H,2,7-8H2,1,3-4H3/t9-,11?,12-,14-,15+,18?,19-/m0/s1. The Labute approximate surface area is 146 Å². The number of ether oxygens (including phenoxy) is 3. The lowest BCUT2D eigenvalue weighted by molar-refractivity contribution is -0.160. The number of esters is 2. The van der Waals surface area contributed by atoms with Crippen LogP contribution in [-0.2, 0) is 28.6 Å². The number of hydrogen-bond acceptors (Lipinski definition) is 6. The molecule has 2 saturated heterocycles. The first-order valence-corrected chi connectivity index (χ1v) is 8.66. The van der Waals surface area contributed by atoms with Crippen LogP contribution in [0.25, 0.3) is 0 Å². The molecule has 7 atom stereocenters. The lowest BCUT2D eigenvalue weighted by atomic mass is 9.68. The number of ketones is 1. The average molecular weight is 346 g/mol. The highest BCUT2D eigenvalue weighted by atomic mass is 16.6. The van der Waals surface area contributed by atoms with Gasteiger partial charge < -0.3 is 14.2 Å². The Kier molecular flexibility index (Phi) is 3.33. The molecule has 4 aliphatic rings. The first kappa shape index (κ1) is 16.5. The summed E-state index contributed by atoms with van der Waals surface area (Å²) in [5, 5.41) is 0. The number of carbonyl (C=O) groups is 3. The van der Waals surface area contributed by atoms with Crippen LogP contribution in [0, 0.1) is 23.2 Å². The van der Waals surface area contributed by atoms with Gasteiger partial charge in [0.2, 0.25) is 0 Å². The largest absolute Gasteiger partial charge is 0.459 e.